The summed E-state index contributed by atoms with van der Waals surface area (Å²) >= 11 is 0. The van der Waals surface area contributed by atoms with Crippen molar-refractivity contribution in [2.45, 2.75) is 13.2 Å². The molecule has 0 saturated carbocycles. The van der Waals surface area contributed by atoms with Crippen LogP contribution in [0.15, 0.2) is 54.6 Å². The van der Waals surface area contributed by atoms with Gasteiger partial charge in [-0.15, -0.1) is 0 Å². The number of hydrogen-bond donors (Lipinski definition) is 0. The number of rotatable bonds is 4. The van der Waals surface area contributed by atoms with Crippen LogP contribution in [-0.2, 0) is 13.2 Å². The monoisotopic (exact) mass is 379 g/mol. The first-order chi connectivity index (χ1) is 13.6. The fourth-order valence-electron chi connectivity index (χ4n) is 3.30. The number of halogens is 2. The maximum Gasteiger partial charge on any atom is 0.150 e. The maximum atomic E-state index is 14.3. The summed E-state index contributed by atoms with van der Waals surface area (Å²) in [6, 6.07) is 13.7. The smallest absolute Gasteiger partial charge is 0.150 e. The summed E-state index contributed by atoms with van der Waals surface area (Å²) in [5.41, 5.74) is 2.76. The van der Waals surface area contributed by atoms with Crippen LogP contribution in [0.1, 0.15) is 31.8 Å². The molecule has 0 radical (unpaired) electrons. The average Bonchev–Trinajstić information content (AvgIpc) is 2.86. The second-order valence-corrected chi connectivity index (χ2v) is 6.43. The fraction of sp³-hybridized carbons (Fsp3) is 0.0909. The van der Waals surface area contributed by atoms with E-state index in [4.69, 9.17) is 4.74 Å². The molecule has 3 aromatic carbocycles. The van der Waals surface area contributed by atoms with E-state index >= 15 is 0 Å². The number of anilines is 2. The van der Waals surface area contributed by atoms with Crippen molar-refractivity contribution in [1.82, 2.24) is 0 Å². The molecule has 0 spiro atoms. The Balaban J connectivity index is 1.89. The van der Waals surface area contributed by atoms with Crippen LogP contribution in [0.25, 0.3) is 0 Å². The van der Waals surface area contributed by atoms with Gasteiger partial charge in [-0.2, -0.15) is 0 Å². The molecule has 6 heteroatoms. The minimum Gasteiger partial charge on any atom is -0.487 e. The molecule has 4 rings (SSSR count). The molecule has 4 nitrogen and oxygen atoms in total. The van der Waals surface area contributed by atoms with E-state index in [1.54, 1.807) is 41.3 Å². The summed E-state index contributed by atoms with van der Waals surface area (Å²) < 4.78 is 34.5. The van der Waals surface area contributed by atoms with E-state index in [0.29, 0.717) is 40.1 Å². The number of fused-ring (bicyclic) bond motifs is 2. The summed E-state index contributed by atoms with van der Waals surface area (Å²) in [5.74, 6) is -0.880. The Morgan fingerprint density at radius 2 is 1.54 bits per heavy atom. The van der Waals surface area contributed by atoms with Crippen molar-refractivity contribution in [3.8, 4) is 5.75 Å². The lowest BCUT2D eigenvalue weighted by Crippen LogP contribution is -2.19. The number of hydrogen-bond acceptors (Lipinski definition) is 4. The van der Waals surface area contributed by atoms with Crippen LogP contribution in [-0.4, -0.2) is 12.6 Å². The van der Waals surface area contributed by atoms with Crippen molar-refractivity contribution in [3.63, 3.8) is 0 Å². The number of ether oxygens (including phenoxy) is 1. The predicted molar refractivity (Wildman–Crippen MR) is 100 cm³/mol. The highest BCUT2D eigenvalue weighted by atomic mass is 19.1. The van der Waals surface area contributed by atoms with Gasteiger partial charge in [0, 0.05) is 27.9 Å². The van der Waals surface area contributed by atoms with Crippen molar-refractivity contribution in [2.75, 3.05) is 4.90 Å². The summed E-state index contributed by atoms with van der Waals surface area (Å²) in [7, 11) is 0. The fourth-order valence-corrected chi connectivity index (χ4v) is 3.30. The minimum atomic E-state index is -0.651. The molecule has 0 N–H and O–H groups in total. The van der Waals surface area contributed by atoms with Gasteiger partial charge < -0.3 is 9.64 Å². The molecule has 0 amide bonds. The van der Waals surface area contributed by atoms with E-state index < -0.39 is 11.6 Å². The minimum absolute atomic E-state index is 0.0806. The zero-order valence-electron chi connectivity index (χ0n) is 14.7. The van der Waals surface area contributed by atoms with Crippen molar-refractivity contribution >= 4 is 23.9 Å². The highest BCUT2D eigenvalue weighted by Crippen LogP contribution is 2.41. The van der Waals surface area contributed by atoms with Crippen LogP contribution < -0.4 is 9.64 Å². The van der Waals surface area contributed by atoms with E-state index in [0.717, 1.165) is 6.29 Å². The SMILES string of the molecule is O=Cc1ccc2c(c1)COc1cc(C=O)ccc1N2Cc1c(F)cccc1F. The molecule has 0 atom stereocenters. The molecule has 0 saturated heterocycles. The second kappa shape index (κ2) is 7.23. The predicted octanol–water partition coefficient (Wildman–Crippen LogP) is 4.82. The Kier molecular flexibility index (Phi) is 4.61. The molecule has 1 aliphatic rings. The third kappa shape index (κ3) is 3.13. The molecule has 1 heterocycles. The molecule has 0 unspecified atom stereocenters. The van der Waals surface area contributed by atoms with Gasteiger partial charge in [0.1, 0.15) is 36.6 Å². The number of nitrogens with zero attached hydrogens (tertiary/aromatic N) is 1. The third-order valence-corrected chi connectivity index (χ3v) is 4.70. The van der Waals surface area contributed by atoms with Gasteiger partial charge in [-0.05, 0) is 48.5 Å². The molecular formula is C22H15F2NO3. The molecule has 1 aliphatic heterocycles. The standard InChI is InChI=1S/C22H15F2NO3/c23-18-2-1-3-19(24)17(18)10-25-20-6-4-14(11-26)8-16(20)13-28-22-9-15(12-27)5-7-21(22)25/h1-9,11-12H,10,13H2. The molecule has 3 aromatic rings. The lowest BCUT2D eigenvalue weighted by molar-refractivity contribution is 0.111. The van der Waals surface area contributed by atoms with E-state index in [9.17, 15) is 18.4 Å². The Hall–Kier alpha value is -3.54. The lowest BCUT2D eigenvalue weighted by Gasteiger charge is -2.26. The molecule has 140 valence electrons. The van der Waals surface area contributed by atoms with Crippen LogP contribution in [0.4, 0.5) is 20.2 Å². The summed E-state index contributed by atoms with van der Waals surface area (Å²) in [6.45, 7) is 0.0747. The normalized spacial score (nSPS) is 12.4. The van der Waals surface area contributed by atoms with E-state index in [1.807, 2.05) is 0 Å². The van der Waals surface area contributed by atoms with Gasteiger partial charge in [0.2, 0.25) is 0 Å². The number of benzene rings is 3. The second-order valence-electron chi connectivity index (χ2n) is 6.43. The van der Waals surface area contributed by atoms with Crippen LogP contribution in [0.2, 0.25) is 0 Å². The van der Waals surface area contributed by atoms with Crippen molar-refractivity contribution < 1.29 is 23.1 Å². The summed E-state index contributed by atoms with van der Waals surface area (Å²) in [4.78, 5) is 24.0. The average molecular weight is 379 g/mol. The number of carbonyl (C=O) groups excluding carboxylic acids is 2. The molecular weight excluding hydrogens is 364 g/mol. The van der Waals surface area contributed by atoms with Crippen molar-refractivity contribution in [3.05, 3.63) is 88.5 Å². The van der Waals surface area contributed by atoms with E-state index in [1.165, 1.54) is 18.2 Å². The van der Waals surface area contributed by atoms with Crippen LogP contribution in [0.3, 0.4) is 0 Å². The van der Waals surface area contributed by atoms with Crippen molar-refractivity contribution in [1.29, 1.82) is 0 Å². The topological polar surface area (TPSA) is 46.6 Å². The largest absolute Gasteiger partial charge is 0.487 e. The van der Waals surface area contributed by atoms with Crippen LogP contribution in [0.5, 0.6) is 5.75 Å². The Morgan fingerprint density at radius 3 is 2.21 bits per heavy atom. The first-order valence-electron chi connectivity index (χ1n) is 8.61. The first kappa shape index (κ1) is 17.9. The summed E-state index contributed by atoms with van der Waals surface area (Å²) in [5, 5.41) is 0. The lowest BCUT2D eigenvalue weighted by atomic mass is 10.1. The Bertz CT molecular complexity index is 1000. The highest BCUT2D eigenvalue weighted by Gasteiger charge is 2.24. The maximum absolute atomic E-state index is 14.3. The van der Waals surface area contributed by atoms with Crippen molar-refractivity contribution in [2.24, 2.45) is 0 Å². The molecule has 0 bridgehead atoms. The van der Waals surface area contributed by atoms with Gasteiger partial charge >= 0.3 is 0 Å². The first-order valence-corrected chi connectivity index (χ1v) is 8.61. The Morgan fingerprint density at radius 1 is 0.893 bits per heavy atom. The quantitative estimate of drug-likeness (QED) is 0.610. The molecule has 0 aliphatic carbocycles. The van der Waals surface area contributed by atoms with Gasteiger partial charge in [-0.3, -0.25) is 9.59 Å². The zero-order chi connectivity index (χ0) is 19.7. The van der Waals surface area contributed by atoms with Crippen LogP contribution >= 0.6 is 0 Å². The van der Waals surface area contributed by atoms with E-state index in [2.05, 4.69) is 0 Å². The highest BCUT2D eigenvalue weighted by molar-refractivity contribution is 5.82. The third-order valence-electron chi connectivity index (χ3n) is 4.70. The molecule has 0 aromatic heterocycles. The van der Waals surface area contributed by atoms with Crippen LogP contribution in [0, 0.1) is 11.6 Å². The van der Waals surface area contributed by atoms with Gasteiger partial charge in [-0.25, -0.2) is 8.78 Å². The van der Waals surface area contributed by atoms with E-state index in [-0.39, 0.29) is 18.7 Å². The van der Waals surface area contributed by atoms with Gasteiger partial charge in [-0.1, -0.05) is 6.07 Å². The Labute approximate surface area is 160 Å². The zero-order valence-corrected chi connectivity index (χ0v) is 14.7. The molecule has 28 heavy (non-hydrogen) atoms. The number of carbonyl (C=O) groups is 2. The number of aldehydes is 2. The van der Waals surface area contributed by atoms with Gasteiger partial charge in [0.15, 0.2) is 0 Å². The summed E-state index contributed by atoms with van der Waals surface area (Å²) in [6.07, 6.45) is 1.43. The van der Waals surface area contributed by atoms with Gasteiger partial charge in [0.05, 0.1) is 12.2 Å². The molecule has 0 fully saturated rings. The van der Waals surface area contributed by atoms with Gasteiger partial charge in [0.25, 0.3) is 0 Å².